The van der Waals surface area contributed by atoms with Crippen molar-refractivity contribution in [3.05, 3.63) is 29.8 Å². The van der Waals surface area contributed by atoms with Crippen LogP contribution in [0.15, 0.2) is 24.3 Å². The number of hydrogen-bond donors (Lipinski definition) is 1. The number of methoxy groups -OCH3 is 1. The van der Waals surface area contributed by atoms with Gasteiger partial charge in [-0.3, -0.25) is 0 Å². The molecule has 0 saturated carbocycles. The second-order valence-corrected chi connectivity index (χ2v) is 4.35. The van der Waals surface area contributed by atoms with Gasteiger partial charge in [0.2, 0.25) is 0 Å². The van der Waals surface area contributed by atoms with Crippen LogP contribution in [0.4, 0.5) is 0 Å². The van der Waals surface area contributed by atoms with Crippen molar-refractivity contribution in [1.29, 1.82) is 0 Å². The van der Waals surface area contributed by atoms with E-state index >= 15 is 0 Å². The normalized spacial score (nSPS) is 10.9. The van der Waals surface area contributed by atoms with Gasteiger partial charge in [0, 0.05) is 33.4 Å². The molecule has 1 aromatic rings. The van der Waals surface area contributed by atoms with Gasteiger partial charge in [-0.2, -0.15) is 0 Å². The molecule has 0 fully saturated rings. The van der Waals surface area contributed by atoms with Gasteiger partial charge in [0.05, 0.1) is 0 Å². The van der Waals surface area contributed by atoms with Crippen LogP contribution in [-0.2, 0) is 11.3 Å². The summed E-state index contributed by atoms with van der Waals surface area (Å²) < 4.78 is 10.7. The van der Waals surface area contributed by atoms with E-state index in [1.807, 2.05) is 24.3 Å². The Morgan fingerprint density at radius 2 is 2.06 bits per heavy atom. The summed E-state index contributed by atoms with van der Waals surface area (Å²) in [5, 5.41) is 0. The Morgan fingerprint density at radius 3 is 2.78 bits per heavy atom. The summed E-state index contributed by atoms with van der Waals surface area (Å²) in [5.41, 5.74) is 6.69. The average Bonchev–Trinajstić information content (AvgIpc) is 2.39. The predicted octanol–water partition coefficient (Wildman–Crippen LogP) is 1.49. The van der Waals surface area contributed by atoms with Crippen molar-refractivity contribution in [3.8, 4) is 5.75 Å². The lowest BCUT2D eigenvalue weighted by atomic mass is 10.2. The molecular formula is C14H24N2O2. The molecule has 102 valence electrons. The maximum Gasteiger partial charge on any atom is 0.119 e. The molecule has 0 aliphatic rings. The van der Waals surface area contributed by atoms with E-state index in [0.717, 1.165) is 37.4 Å². The van der Waals surface area contributed by atoms with Crippen molar-refractivity contribution >= 4 is 0 Å². The Labute approximate surface area is 110 Å². The van der Waals surface area contributed by atoms with E-state index in [4.69, 9.17) is 15.2 Å². The molecule has 0 radical (unpaired) electrons. The van der Waals surface area contributed by atoms with Crippen molar-refractivity contribution in [1.82, 2.24) is 4.90 Å². The number of likely N-dealkylation sites (N-methyl/N-ethyl adjacent to an activating group) is 1. The SMILES string of the molecule is COCCCN(C)CCOc1cccc(CN)c1. The average molecular weight is 252 g/mol. The smallest absolute Gasteiger partial charge is 0.119 e. The van der Waals surface area contributed by atoms with Gasteiger partial charge in [-0.25, -0.2) is 0 Å². The van der Waals surface area contributed by atoms with E-state index in [9.17, 15) is 0 Å². The Kier molecular flexibility index (Phi) is 7.41. The van der Waals surface area contributed by atoms with Gasteiger partial charge >= 0.3 is 0 Å². The molecule has 0 atom stereocenters. The first-order valence-electron chi connectivity index (χ1n) is 6.35. The van der Waals surface area contributed by atoms with Crippen molar-refractivity contribution in [3.63, 3.8) is 0 Å². The summed E-state index contributed by atoms with van der Waals surface area (Å²) >= 11 is 0. The van der Waals surface area contributed by atoms with Crippen LogP contribution in [0.3, 0.4) is 0 Å². The lowest BCUT2D eigenvalue weighted by Crippen LogP contribution is -2.26. The molecule has 0 aliphatic carbocycles. The summed E-state index contributed by atoms with van der Waals surface area (Å²) in [4.78, 5) is 2.24. The highest BCUT2D eigenvalue weighted by molar-refractivity contribution is 5.28. The van der Waals surface area contributed by atoms with Crippen molar-refractivity contribution in [2.24, 2.45) is 5.73 Å². The summed E-state index contributed by atoms with van der Waals surface area (Å²) in [5.74, 6) is 0.892. The van der Waals surface area contributed by atoms with E-state index in [1.165, 1.54) is 0 Å². The van der Waals surface area contributed by atoms with Crippen LogP contribution in [0.2, 0.25) is 0 Å². The Hall–Kier alpha value is -1.10. The minimum absolute atomic E-state index is 0.550. The van der Waals surface area contributed by atoms with Crippen LogP contribution in [0, 0.1) is 0 Å². The highest BCUT2D eigenvalue weighted by atomic mass is 16.5. The number of nitrogens with zero attached hydrogens (tertiary/aromatic N) is 1. The standard InChI is InChI=1S/C14H24N2O2/c1-16(7-4-9-17-2)8-10-18-14-6-3-5-13(11-14)12-15/h3,5-6,11H,4,7-10,12,15H2,1-2H3. The molecule has 4 nitrogen and oxygen atoms in total. The van der Waals surface area contributed by atoms with Gasteiger partial charge in [-0.05, 0) is 31.2 Å². The zero-order valence-electron chi connectivity index (χ0n) is 11.4. The Morgan fingerprint density at radius 1 is 1.22 bits per heavy atom. The molecule has 0 aromatic heterocycles. The van der Waals surface area contributed by atoms with E-state index in [0.29, 0.717) is 13.2 Å². The summed E-state index contributed by atoms with van der Waals surface area (Å²) in [6, 6.07) is 7.93. The molecule has 0 bridgehead atoms. The summed E-state index contributed by atoms with van der Waals surface area (Å²) in [7, 11) is 3.82. The minimum Gasteiger partial charge on any atom is -0.492 e. The molecule has 1 rings (SSSR count). The van der Waals surface area contributed by atoms with Gasteiger partial charge in [-0.1, -0.05) is 12.1 Å². The molecular weight excluding hydrogens is 228 g/mol. The first kappa shape index (κ1) is 15.0. The Balaban J connectivity index is 2.20. The first-order valence-corrected chi connectivity index (χ1v) is 6.35. The van der Waals surface area contributed by atoms with Gasteiger partial charge < -0.3 is 20.1 Å². The molecule has 0 amide bonds. The van der Waals surface area contributed by atoms with E-state index in [-0.39, 0.29) is 0 Å². The second kappa shape index (κ2) is 8.91. The summed E-state index contributed by atoms with van der Waals surface area (Å²) in [6.45, 7) is 3.99. The monoisotopic (exact) mass is 252 g/mol. The van der Waals surface area contributed by atoms with Gasteiger partial charge in [0.1, 0.15) is 12.4 Å². The number of hydrogen-bond acceptors (Lipinski definition) is 4. The summed E-state index contributed by atoms with van der Waals surface area (Å²) in [6.07, 6.45) is 1.05. The molecule has 2 N–H and O–H groups in total. The van der Waals surface area contributed by atoms with Crippen molar-refractivity contribution < 1.29 is 9.47 Å². The first-order chi connectivity index (χ1) is 8.76. The van der Waals surface area contributed by atoms with Gasteiger partial charge in [0.25, 0.3) is 0 Å². The largest absolute Gasteiger partial charge is 0.492 e. The molecule has 1 aromatic carbocycles. The predicted molar refractivity (Wildman–Crippen MR) is 73.8 cm³/mol. The topological polar surface area (TPSA) is 47.7 Å². The van der Waals surface area contributed by atoms with E-state index in [2.05, 4.69) is 11.9 Å². The molecule has 0 spiro atoms. The van der Waals surface area contributed by atoms with Crippen LogP contribution in [0.25, 0.3) is 0 Å². The molecule has 0 saturated heterocycles. The van der Waals surface area contributed by atoms with Gasteiger partial charge in [0.15, 0.2) is 0 Å². The van der Waals surface area contributed by atoms with Crippen LogP contribution < -0.4 is 10.5 Å². The zero-order chi connectivity index (χ0) is 13.2. The number of ether oxygens (including phenoxy) is 2. The van der Waals surface area contributed by atoms with E-state index < -0.39 is 0 Å². The molecule has 0 heterocycles. The Bertz CT molecular complexity index is 331. The maximum atomic E-state index is 5.70. The van der Waals surface area contributed by atoms with Crippen LogP contribution in [-0.4, -0.2) is 45.4 Å². The molecule has 0 unspecified atom stereocenters. The third-order valence-corrected chi connectivity index (χ3v) is 2.76. The van der Waals surface area contributed by atoms with Gasteiger partial charge in [-0.15, -0.1) is 0 Å². The fourth-order valence-corrected chi connectivity index (χ4v) is 1.67. The minimum atomic E-state index is 0.550. The number of benzene rings is 1. The van der Waals surface area contributed by atoms with Crippen LogP contribution in [0.1, 0.15) is 12.0 Å². The van der Waals surface area contributed by atoms with Crippen LogP contribution >= 0.6 is 0 Å². The van der Waals surface area contributed by atoms with E-state index in [1.54, 1.807) is 7.11 Å². The molecule has 0 aliphatic heterocycles. The van der Waals surface area contributed by atoms with Crippen molar-refractivity contribution in [2.45, 2.75) is 13.0 Å². The molecule has 18 heavy (non-hydrogen) atoms. The van der Waals surface area contributed by atoms with Crippen LogP contribution in [0.5, 0.6) is 5.75 Å². The van der Waals surface area contributed by atoms with Crippen molar-refractivity contribution in [2.75, 3.05) is 40.5 Å². The highest BCUT2D eigenvalue weighted by Gasteiger charge is 1.99. The fourth-order valence-electron chi connectivity index (χ4n) is 1.67. The third-order valence-electron chi connectivity index (χ3n) is 2.76. The number of rotatable bonds is 9. The molecule has 4 heteroatoms. The lowest BCUT2D eigenvalue weighted by Gasteiger charge is -2.16. The highest BCUT2D eigenvalue weighted by Crippen LogP contribution is 2.12. The lowest BCUT2D eigenvalue weighted by molar-refractivity contribution is 0.172. The maximum absolute atomic E-state index is 5.70. The fraction of sp³-hybridized carbons (Fsp3) is 0.571. The second-order valence-electron chi connectivity index (χ2n) is 4.35. The third kappa shape index (κ3) is 6.00. The quantitative estimate of drug-likeness (QED) is 0.677. The zero-order valence-corrected chi connectivity index (χ0v) is 11.4. The number of nitrogens with two attached hydrogens (primary N) is 1.